The quantitative estimate of drug-likeness (QED) is 0.729. The van der Waals surface area contributed by atoms with Crippen molar-refractivity contribution < 1.29 is 18.4 Å². The number of halogens is 2. The molecule has 0 spiro atoms. The highest BCUT2D eigenvalue weighted by Gasteiger charge is 2.47. The minimum Gasteiger partial charge on any atom is -0.364 e. The van der Waals surface area contributed by atoms with Crippen LogP contribution >= 0.6 is 0 Å². The second-order valence-corrected chi connectivity index (χ2v) is 8.17. The normalized spacial score (nSPS) is 28.3. The van der Waals surface area contributed by atoms with E-state index in [1.807, 2.05) is 11.8 Å². The van der Waals surface area contributed by atoms with Gasteiger partial charge >= 0.3 is 0 Å². The number of amides is 2. The molecule has 3 fully saturated rings. The Morgan fingerprint density at radius 1 is 1.17 bits per heavy atom. The molecule has 4 heterocycles. The van der Waals surface area contributed by atoms with E-state index < -0.39 is 17.9 Å². The summed E-state index contributed by atoms with van der Waals surface area (Å²) in [6.45, 7) is 4.88. The molecule has 0 saturated carbocycles. The van der Waals surface area contributed by atoms with Crippen LogP contribution in [0.3, 0.4) is 0 Å². The number of hydrogen-bond acceptors (Lipinski definition) is 6. The zero-order valence-corrected chi connectivity index (χ0v) is 16.6. The van der Waals surface area contributed by atoms with Crippen LogP contribution in [-0.2, 0) is 9.59 Å². The first-order valence-corrected chi connectivity index (χ1v) is 10.2. The maximum atomic E-state index is 15.0. The van der Waals surface area contributed by atoms with Gasteiger partial charge in [0.15, 0.2) is 0 Å². The van der Waals surface area contributed by atoms with Crippen molar-refractivity contribution in [1.29, 1.82) is 0 Å². The Morgan fingerprint density at radius 3 is 2.59 bits per heavy atom. The number of alkyl halides is 2. The molecule has 2 amide bonds. The lowest BCUT2D eigenvalue weighted by molar-refractivity contribution is -0.134. The van der Waals surface area contributed by atoms with Gasteiger partial charge in [-0.05, 0) is 31.4 Å². The van der Waals surface area contributed by atoms with Crippen LogP contribution in [0.5, 0.6) is 0 Å². The van der Waals surface area contributed by atoms with Gasteiger partial charge in [-0.3, -0.25) is 24.8 Å². The Kier molecular flexibility index (Phi) is 5.52. The minimum absolute atomic E-state index is 0.269. The molecule has 0 aromatic carbocycles. The molecule has 2 N–H and O–H groups in total. The molecule has 1 aromatic rings. The van der Waals surface area contributed by atoms with Crippen LogP contribution in [0.25, 0.3) is 0 Å². The molecule has 3 aliphatic rings. The summed E-state index contributed by atoms with van der Waals surface area (Å²) in [7, 11) is 0. The molecule has 4 rings (SSSR count). The van der Waals surface area contributed by atoms with Crippen LogP contribution in [0, 0.1) is 6.92 Å². The highest BCUT2D eigenvalue weighted by molar-refractivity contribution is 6.00. The summed E-state index contributed by atoms with van der Waals surface area (Å²) in [6.07, 6.45) is 2.70. The van der Waals surface area contributed by atoms with Crippen LogP contribution in [0.2, 0.25) is 0 Å². The Labute approximate surface area is 168 Å². The van der Waals surface area contributed by atoms with Crippen molar-refractivity contribution in [2.24, 2.45) is 0 Å². The second kappa shape index (κ2) is 7.95. The number of imide groups is 1. The van der Waals surface area contributed by atoms with Crippen molar-refractivity contribution in [3.05, 3.63) is 23.5 Å². The maximum Gasteiger partial charge on any atom is 0.280 e. The maximum absolute atomic E-state index is 15.0. The Bertz CT molecular complexity index is 797. The zero-order chi connectivity index (χ0) is 20.6. The van der Waals surface area contributed by atoms with E-state index in [0.29, 0.717) is 43.9 Å². The monoisotopic (exact) mass is 407 g/mol. The minimum atomic E-state index is -2.80. The Balaban J connectivity index is 1.48. The van der Waals surface area contributed by atoms with Gasteiger partial charge in [0.25, 0.3) is 5.92 Å². The van der Waals surface area contributed by atoms with Gasteiger partial charge in [-0.1, -0.05) is 0 Å². The average molecular weight is 407 g/mol. The molecule has 0 radical (unpaired) electrons. The number of piperazine rings is 1. The van der Waals surface area contributed by atoms with E-state index in [2.05, 4.69) is 15.6 Å². The van der Waals surface area contributed by atoms with E-state index >= 15 is 0 Å². The highest BCUT2D eigenvalue weighted by atomic mass is 19.3. The predicted octanol–water partition coefficient (Wildman–Crippen LogP) is 1.03. The number of carbonyl (C=O) groups is 2. The summed E-state index contributed by atoms with van der Waals surface area (Å²) in [5.41, 5.74) is 2.08. The standard InChI is InChI=1S/C20H27F2N5O2/c1-13-10-15(14-2-3-18(28)25-19(14)29)24-11-16(13)27-7-4-17(20(21,22)12-27)26-8-5-23-6-9-26/h10-11,14,17,23H,2-9,12H2,1H3,(H,25,28,29)/t14?,17-/m0/s1. The molecule has 0 bridgehead atoms. The molecule has 29 heavy (non-hydrogen) atoms. The van der Waals surface area contributed by atoms with E-state index in [0.717, 1.165) is 18.7 Å². The third-order valence-electron chi connectivity index (χ3n) is 6.20. The SMILES string of the molecule is Cc1cc(C2CCC(=O)NC2=O)ncc1N1CC[C@H](N2CCNCC2)C(F)(F)C1. The number of carbonyl (C=O) groups excluding carboxylic acids is 2. The third-order valence-corrected chi connectivity index (χ3v) is 6.20. The lowest BCUT2D eigenvalue weighted by atomic mass is 9.93. The first kappa shape index (κ1) is 20.2. The number of aryl methyl sites for hydroxylation is 1. The summed E-state index contributed by atoms with van der Waals surface area (Å²) < 4.78 is 29.9. The summed E-state index contributed by atoms with van der Waals surface area (Å²) in [4.78, 5) is 31.4. The van der Waals surface area contributed by atoms with Gasteiger partial charge in [0.05, 0.1) is 36.1 Å². The third kappa shape index (κ3) is 4.11. The van der Waals surface area contributed by atoms with E-state index in [9.17, 15) is 18.4 Å². The van der Waals surface area contributed by atoms with Gasteiger partial charge in [-0.15, -0.1) is 0 Å². The van der Waals surface area contributed by atoms with Crippen molar-refractivity contribution >= 4 is 17.5 Å². The zero-order valence-electron chi connectivity index (χ0n) is 16.6. The van der Waals surface area contributed by atoms with Gasteiger partial charge in [0.1, 0.15) is 0 Å². The van der Waals surface area contributed by atoms with Gasteiger partial charge in [0, 0.05) is 39.1 Å². The van der Waals surface area contributed by atoms with Gasteiger partial charge in [-0.2, -0.15) is 0 Å². The van der Waals surface area contributed by atoms with Crippen LogP contribution in [0.1, 0.15) is 36.4 Å². The van der Waals surface area contributed by atoms with Crippen molar-refractivity contribution in [2.45, 2.75) is 44.1 Å². The summed E-state index contributed by atoms with van der Waals surface area (Å²) in [6, 6.07) is 1.06. The van der Waals surface area contributed by atoms with E-state index in [4.69, 9.17) is 0 Å². The van der Waals surface area contributed by atoms with Crippen molar-refractivity contribution in [2.75, 3.05) is 44.2 Å². The number of nitrogens with zero attached hydrogens (tertiary/aromatic N) is 3. The molecular weight excluding hydrogens is 380 g/mol. The fraction of sp³-hybridized carbons (Fsp3) is 0.650. The molecule has 2 atom stereocenters. The van der Waals surface area contributed by atoms with Gasteiger partial charge in [-0.25, -0.2) is 8.78 Å². The summed E-state index contributed by atoms with van der Waals surface area (Å²) in [5, 5.41) is 5.54. The van der Waals surface area contributed by atoms with Crippen molar-refractivity contribution in [3.63, 3.8) is 0 Å². The largest absolute Gasteiger partial charge is 0.364 e. The smallest absolute Gasteiger partial charge is 0.280 e. The lowest BCUT2D eigenvalue weighted by Gasteiger charge is -2.45. The summed E-state index contributed by atoms with van der Waals surface area (Å²) in [5.74, 6) is -3.89. The van der Waals surface area contributed by atoms with E-state index in [-0.39, 0.29) is 24.8 Å². The molecule has 3 saturated heterocycles. The molecule has 7 nitrogen and oxygen atoms in total. The van der Waals surface area contributed by atoms with Gasteiger partial charge in [0.2, 0.25) is 11.8 Å². The molecule has 9 heteroatoms. The summed E-state index contributed by atoms with van der Waals surface area (Å²) >= 11 is 0. The molecular formula is C20H27F2N5O2. The molecule has 158 valence electrons. The van der Waals surface area contributed by atoms with Crippen molar-refractivity contribution in [1.82, 2.24) is 20.5 Å². The molecule has 1 unspecified atom stereocenters. The first-order chi connectivity index (χ1) is 13.8. The molecule has 1 aromatic heterocycles. The second-order valence-electron chi connectivity index (χ2n) is 8.17. The number of piperidine rings is 2. The number of nitrogens with one attached hydrogen (secondary N) is 2. The van der Waals surface area contributed by atoms with Crippen LogP contribution in [0.15, 0.2) is 12.3 Å². The highest BCUT2D eigenvalue weighted by Crippen LogP contribution is 2.35. The fourth-order valence-electron chi connectivity index (χ4n) is 4.65. The number of hydrogen-bond donors (Lipinski definition) is 2. The fourth-order valence-corrected chi connectivity index (χ4v) is 4.65. The Hall–Kier alpha value is -2.13. The lowest BCUT2D eigenvalue weighted by Crippen LogP contribution is -2.61. The van der Waals surface area contributed by atoms with E-state index in [1.165, 1.54) is 0 Å². The van der Waals surface area contributed by atoms with Crippen LogP contribution < -0.4 is 15.5 Å². The van der Waals surface area contributed by atoms with E-state index in [1.54, 1.807) is 17.2 Å². The average Bonchev–Trinajstić information content (AvgIpc) is 2.68. The number of aromatic nitrogens is 1. The van der Waals surface area contributed by atoms with Crippen LogP contribution in [0.4, 0.5) is 14.5 Å². The first-order valence-electron chi connectivity index (χ1n) is 10.2. The van der Waals surface area contributed by atoms with Gasteiger partial charge < -0.3 is 10.2 Å². The predicted molar refractivity (Wildman–Crippen MR) is 104 cm³/mol. The molecule has 0 aliphatic carbocycles. The number of anilines is 1. The van der Waals surface area contributed by atoms with Crippen molar-refractivity contribution in [3.8, 4) is 0 Å². The molecule has 3 aliphatic heterocycles. The topological polar surface area (TPSA) is 77.6 Å². The Morgan fingerprint density at radius 2 is 1.93 bits per heavy atom. The number of rotatable bonds is 3. The van der Waals surface area contributed by atoms with Crippen LogP contribution in [-0.4, -0.2) is 72.9 Å². The number of pyridine rings is 1.